The molecule has 0 fully saturated rings. The van der Waals surface area contributed by atoms with Crippen molar-refractivity contribution in [2.45, 2.75) is 6.92 Å². The first-order chi connectivity index (χ1) is 6.81. The lowest BCUT2D eigenvalue weighted by molar-refractivity contribution is -0.134. The average molecular weight is 223 g/mol. The molecule has 0 amide bonds. The Morgan fingerprint density at radius 1 is 1.33 bits per heavy atom. The molecule has 0 aliphatic carbocycles. The minimum Gasteiger partial charge on any atom is -0.481 e. The van der Waals surface area contributed by atoms with Gasteiger partial charge in [0.2, 0.25) is 0 Å². The van der Waals surface area contributed by atoms with Crippen molar-refractivity contribution in [3.05, 3.63) is 0 Å². The molecule has 8 nitrogen and oxygen atoms in total. The molecule has 0 saturated carbocycles. The van der Waals surface area contributed by atoms with Crippen LogP contribution >= 0.6 is 0 Å². The van der Waals surface area contributed by atoms with Crippen LogP contribution in [0.5, 0.6) is 0 Å². The molecule has 0 aromatic carbocycles. The molecule has 0 atom stereocenters. The predicted molar refractivity (Wildman–Crippen MR) is 51.3 cm³/mol. The van der Waals surface area contributed by atoms with Crippen LogP contribution in [-0.4, -0.2) is 54.8 Å². The third-order valence-corrected chi connectivity index (χ3v) is 0.530. The van der Waals surface area contributed by atoms with Gasteiger partial charge in [-0.3, -0.25) is 4.79 Å². The van der Waals surface area contributed by atoms with E-state index < -0.39 is 19.3 Å². The van der Waals surface area contributed by atoms with Gasteiger partial charge in [0.1, 0.15) is 6.21 Å². The zero-order valence-corrected chi connectivity index (χ0v) is 8.63. The van der Waals surface area contributed by atoms with Gasteiger partial charge in [0.05, 0.1) is 7.11 Å². The molecule has 88 valence electrons. The Morgan fingerprint density at radius 2 is 1.60 bits per heavy atom. The number of carboxylic acid groups (broad SMARTS) is 1. The van der Waals surface area contributed by atoms with E-state index in [0.717, 1.165) is 6.92 Å². The van der Waals surface area contributed by atoms with Crippen molar-refractivity contribution in [1.82, 2.24) is 0 Å². The monoisotopic (exact) mass is 223 g/mol. The van der Waals surface area contributed by atoms with Crippen molar-refractivity contribution in [3.63, 3.8) is 0 Å². The lowest BCUT2D eigenvalue weighted by atomic mass is 10.3. The van der Waals surface area contributed by atoms with Crippen LogP contribution in [0.4, 0.5) is 0 Å². The number of methoxy groups -OCH3 is 1. The number of carbonyl (C=O) groups excluding carboxylic acids is 1. The molecule has 9 heteroatoms. The van der Waals surface area contributed by atoms with Crippen LogP contribution < -0.4 is 0 Å². The van der Waals surface area contributed by atoms with Gasteiger partial charge in [0.15, 0.2) is 0 Å². The van der Waals surface area contributed by atoms with Crippen molar-refractivity contribution >= 4 is 25.5 Å². The Bertz CT molecular complexity index is 180. The summed E-state index contributed by atoms with van der Waals surface area (Å²) in [6.45, 7) is 1.08. The molecule has 0 spiro atoms. The molecule has 0 unspecified atom stereocenters. The highest BCUT2D eigenvalue weighted by Crippen LogP contribution is 1.59. The Morgan fingerprint density at radius 3 is 1.60 bits per heavy atom. The van der Waals surface area contributed by atoms with E-state index in [1.807, 2.05) is 0 Å². The molecular weight excluding hydrogens is 209 g/mol. The van der Waals surface area contributed by atoms with Gasteiger partial charge in [-0.15, -0.1) is 0 Å². The van der Waals surface area contributed by atoms with E-state index in [9.17, 15) is 4.79 Å². The van der Waals surface area contributed by atoms with E-state index in [1.165, 1.54) is 14.2 Å². The van der Waals surface area contributed by atoms with Gasteiger partial charge in [-0.05, 0) is 0 Å². The van der Waals surface area contributed by atoms with E-state index in [0.29, 0.717) is 6.21 Å². The summed E-state index contributed by atoms with van der Waals surface area (Å²) in [7, 11) is 0.813. The first-order valence-electron chi connectivity index (χ1n) is 3.48. The molecule has 0 radical (unpaired) electrons. The van der Waals surface area contributed by atoms with Gasteiger partial charge in [-0.1, -0.05) is 0 Å². The predicted octanol–water partition coefficient (Wildman–Crippen LogP) is -1.50. The van der Waals surface area contributed by atoms with Gasteiger partial charge < -0.3 is 30.0 Å². The van der Waals surface area contributed by atoms with Crippen LogP contribution in [0.25, 0.3) is 0 Å². The molecule has 0 heterocycles. The molecule has 0 aliphatic rings. The maximum atomic E-state index is 9.72. The zero-order chi connectivity index (χ0) is 12.9. The summed E-state index contributed by atoms with van der Waals surface area (Å²) in [6, 6.07) is 0. The Labute approximate surface area is 87.1 Å². The number of carboxylic acids is 1. The SMILES string of the molecule is CC(=O)O.COB(O)O.COC(=O)C=N. The number of nitrogens with one attached hydrogen (secondary N) is 1. The Hall–Kier alpha value is -1.45. The second kappa shape index (κ2) is 15.0. The van der Waals surface area contributed by atoms with Crippen LogP contribution in [0.3, 0.4) is 0 Å². The zero-order valence-electron chi connectivity index (χ0n) is 8.63. The molecule has 0 aromatic heterocycles. The van der Waals surface area contributed by atoms with E-state index in [-0.39, 0.29) is 0 Å². The van der Waals surface area contributed by atoms with Crippen LogP contribution in [0.1, 0.15) is 6.92 Å². The second-order valence-corrected chi connectivity index (χ2v) is 1.75. The summed E-state index contributed by atoms with van der Waals surface area (Å²) in [5, 5.41) is 29.0. The topological polar surface area (TPSA) is 137 Å². The largest absolute Gasteiger partial charge is 0.633 e. The standard InChI is InChI=1S/C3H5NO2.C2H4O2.CH5BO3/c1-6-3(5)2-4;1-2(3)4;1-5-2(3)4/h2,4H,1H3;1H3,(H,3,4);3-4H,1H3. The first-order valence-corrected chi connectivity index (χ1v) is 3.48. The summed E-state index contributed by atoms with van der Waals surface area (Å²) < 4.78 is 7.88. The quantitative estimate of drug-likeness (QED) is 0.254. The maximum absolute atomic E-state index is 9.72. The molecule has 4 N–H and O–H groups in total. The molecule has 0 aliphatic heterocycles. The summed E-state index contributed by atoms with van der Waals surface area (Å²) >= 11 is 0. The highest BCUT2D eigenvalue weighted by Gasteiger charge is 2.00. The summed E-state index contributed by atoms with van der Waals surface area (Å²) in [5.41, 5.74) is 0. The maximum Gasteiger partial charge on any atom is 0.633 e. The van der Waals surface area contributed by atoms with Crippen LogP contribution in [0, 0.1) is 5.41 Å². The first kappa shape index (κ1) is 19.2. The van der Waals surface area contributed by atoms with E-state index in [4.69, 9.17) is 25.4 Å². The van der Waals surface area contributed by atoms with Crippen molar-refractivity contribution in [2.75, 3.05) is 14.2 Å². The summed E-state index contributed by atoms with van der Waals surface area (Å²) in [5.74, 6) is -1.45. The number of hydrogen-bond acceptors (Lipinski definition) is 7. The van der Waals surface area contributed by atoms with Gasteiger partial charge in [-0.25, -0.2) is 4.79 Å². The molecule has 0 bridgehead atoms. The van der Waals surface area contributed by atoms with Crippen molar-refractivity contribution < 1.29 is 34.1 Å². The van der Waals surface area contributed by atoms with E-state index in [2.05, 4.69) is 9.39 Å². The van der Waals surface area contributed by atoms with Crippen LogP contribution in [0.15, 0.2) is 0 Å². The Balaban J connectivity index is -0.000000147. The fourth-order valence-electron chi connectivity index (χ4n) is 0.0589. The van der Waals surface area contributed by atoms with E-state index >= 15 is 0 Å². The molecule has 0 aromatic rings. The number of aliphatic carboxylic acids is 1. The number of esters is 1. The third-order valence-electron chi connectivity index (χ3n) is 0.530. The number of ether oxygens (including phenoxy) is 1. The highest BCUT2D eigenvalue weighted by atomic mass is 16.6. The van der Waals surface area contributed by atoms with E-state index in [1.54, 1.807) is 0 Å². The van der Waals surface area contributed by atoms with Crippen molar-refractivity contribution in [1.29, 1.82) is 5.41 Å². The number of carbonyl (C=O) groups is 2. The fraction of sp³-hybridized carbons (Fsp3) is 0.500. The lowest BCUT2D eigenvalue weighted by Gasteiger charge is -1.84. The minimum absolute atomic E-state index is 0.611. The van der Waals surface area contributed by atoms with Gasteiger partial charge in [-0.2, -0.15) is 0 Å². The third kappa shape index (κ3) is 67.4. The normalized spacial score (nSPS) is 7.00. The van der Waals surface area contributed by atoms with Crippen LogP contribution in [0.2, 0.25) is 0 Å². The lowest BCUT2D eigenvalue weighted by Crippen LogP contribution is -2.12. The Kier molecular flexibility index (Phi) is 19.2. The minimum atomic E-state index is -1.62. The molecule has 15 heavy (non-hydrogen) atoms. The second-order valence-electron chi connectivity index (χ2n) is 1.75. The van der Waals surface area contributed by atoms with Crippen molar-refractivity contribution in [2.24, 2.45) is 0 Å². The van der Waals surface area contributed by atoms with Crippen molar-refractivity contribution in [3.8, 4) is 0 Å². The van der Waals surface area contributed by atoms with Gasteiger partial charge in [0, 0.05) is 14.0 Å². The van der Waals surface area contributed by atoms with Crippen LogP contribution in [-0.2, 0) is 19.0 Å². The number of rotatable bonds is 2. The number of hydrogen-bond donors (Lipinski definition) is 4. The summed E-state index contributed by atoms with van der Waals surface area (Å²) in [4.78, 5) is 18.7. The molecule has 0 saturated heterocycles. The fourth-order valence-corrected chi connectivity index (χ4v) is 0.0589. The molecular formula is C6H14BNO7. The highest BCUT2D eigenvalue weighted by molar-refractivity contribution is 6.32. The average Bonchev–Trinajstić information content (AvgIpc) is 2.16. The smallest absolute Gasteiger partial charge is 0.481 e. The van der Waals surface area contributed by atoms with Gasteiger partial charge >= 0.3 is 13.3 Å². The molecule has 0 rings (SSSR count). The van der Waals surface area contributed by atoms with Gasteiger partial charge in [0.25, 0.3) is 5.97 Å². The summed E-state index contributed by atoms with van der Waals surface area (Å²) in [6.07, 6.45) is 0.611.